The Morgan fingerprint density at radius 1 is 1.47 bits per heavy atom. The lowest BCUT2D eigenvalue weighted by molar-refractivity contribution is 0.0447. The van der Waals surface area contributed by atoms with Crippen molar-refractivity contribution in [3.63, 3.8) is 0 Å². The van der Waals surface area contributed by atoms with Gasteiger partial charge in [-0.25, -0.2) is 4.98 Å². The minimum atomic E-state index is -0.610. The Balaban J connectivity index is 2.19. The van der Waals surface area contributed by atoms with Gasteiger partial charge in [-0.1, -0.05) is 0 Å². The van der Waals surface area contributed by atoms with E-state index in [1.165, 1.54) is 0 Å². The van der Waals surface area contributed by atoms with E-state index in [-0.39, 0.29) is 0 Å². The van der Waals surface area contributed by atoms with Crippen LogP contribution in [0.15, 0.2) is 12.3 Å². The highest BCUT2D eigenvalue weighted by Crippen LogP contribution is 2.24. The first-order valence-corrected chi connectivity index (χ1v) is 5.96. The summed E-state index contributed by atoms with van der Waals surface area (Å²) >= 11 is 0. The number of nitrogens with zero attached hydrogens (tertiary/aromatic N) is 4. The largest absolute Gasteiger partial charge is 0.388 e. The number of aliphatic hydroxyl groups is 1. The van der Waals surface area contributed by atoms with Crippen molar-refractivity contribution in [1.82, 2.24) is 9.97 Å². The van der Waals surface area contributed by atoms with Gasteiger partial charge >= 0.3 is 0 Å². The Hall–Kier alpha value is -1.36. The van der Waals surface area contributed by atoms with Crippen molar-refractivity contribution in [2.24, 2.45) is 0 Å². The van der Waals surface area contributed by atoms with E-state index >= 15 is 0 Å². The van der Waals surface area contributed by atoms with Crippen molar-refractivity contribution in [3.8, 4) is 0 Å². The molecular formula is C12H20N4O. The quantitative estimate of drug-likeness (QED) is 0.826. The first kappa shape index (κ1) is 12.1. The van der Waals surface area contributed by atoms with E-state index in [0.717, 1.165) is 25.2 Å². The van der Waals surface area contributed by atoms with Crippen LogP contribution in [-0.2, 0) is 0 Å². The summed E-state index contributed by atoms with van der Waals surface area (Å²) in [4.78, 5) is 12.7. The van der Waals surface area contributed by atoms with E-state index in [4.69, 9.17) is 0 Å². The Morgan fingerprint density at radius 3 is 2.88 bits per heavy atom. The predicted octanol–water partition coefficient (Wildman–Crippen LogP) is 0.894. The van der Waals surface area contributed by atoms with Crippen LogP contribution in [0.3, 0.4) is 0 Å². The van der Waals surface area contributed by atoms with E-state index in [1.807, 2.05) is 32.0 Å². The van der Waals surface area contributed by atoms with Crippen LogP contribution in [0.25, 0.3) is 0 Å². The molecule has 5 heteroatoms. The maximum atomic E-state index is 10.1. The average molecular weight is 236 g/mol. The van der Waals surface area contributed by atoms with E-state index < -0.39 is 5.60 Å². The van der Waals surface area contributed by atoms with Gasteiger partial charge in [0.25, 0.3) is 0 Å². The summed E-state index contributed by atoms with van der Waals surface area (Å²) in [5.41, 5.74) is -0.610. The maximum absolute atomic E-state index is 10.1. The van der Waals surface area contributed by atoms with Crippen molar-refractivity contribution in [2.45, 2.75) is 25.4 Å². The Morgan fingerprint density at radius 2 is 2.24 bits per heavy atom. The molecule has 2 heterocycles. The highest BCUT2D eigenvalue weighted by Gasteiger charge is 2.29. The van der Waals surface area contributed by atoms with Gasteiger partial charge < -0.3 is 14.9 Å². The lowest BCUT2D eigenvalue weighted by Crippen LogP contribution is -2.46. The Kier molecular flexibility index (Phi) is 3.19. The van der Waals surface area contributed by atoms with Crippen molar-refractivity contribution >= 4 is 11.8 Å². The molecule has 1 N–H and O–H groups in total. The summed E-state index contributed by atoms with van der Waals surface area (Å²) < 4.78 is 0. The van der Waals surface area contributed by atoms with Gasteiger partial charge in [-0.15, -0.1) is 0 Å². The molecule has 1 aromatic rings. The lowest BCUT2D eigenvalue weighted by atomic mass is 9.95. The van der Waals surface area contributed by atoms with E-state index in [2.05, 4.69) is 14.9 Å². The molecule has 1 fully saturated rings. The number of piperidine rings is 1. The van der Waals surface area contributed by atoms with Crippen LogP contribution in [0.1, 0.15) is 19.8 Å². The number of anilines is 2. The van der Waals surface area contributed by atoms with Crippen LogP contribution >= 0.6 is 0 Å². The summed E-state index contributed by atoms with van der Waals surface area (Å²) in [7, 11) is 3.84. The normalized spacial score (nSPS) is 24.8. The number of aromatic nitrogens is 2. The van der Waals surface area contributed by atoms with Crippen molar-refractivity contribution in [1.29, 1.82) is 0 Å². The van der Waals surface area contributed by atoms with Gasteiger partial charge in [0.1, 0.15) is 5.82 Å². The molecule has 1 aliphatic heterocycles. The topological polar surface area (TPSA) is 52.5 Å². The molecule has 1 unspecified atom stereocenters. The van der Waals surface area contributed by atoms with Gasteiger partial charge in [0.05, 0.1) is 5.60 Å². The van der Waals surface area contributed by atoms with E-state index in [0.29, 0.717) is 12.5 Å². The molecule has 1 aliphatic rings. The molecule has 1 atom stereocenters. The summed E-state index contributed by atoms with van der Waals surface area (Å²) in [6, 6.07) is 1.90. The predicted molar refractivity (Wildman–Crippen MR) is 68.4 cm³/mol. The number of hydrogen-bond acceptors (Lipinski definition) is 5. The zero-order valence-corrected chi connectivity index (χ0v) is 10.7. The molecule has 1 saturated heterocycles. The average Bonchev–Trinajstić information content (AvgIpc) is 2.28. The summed E-state index contributed by atoms with van der Waals surface area (Å²) in [6.07, 6.45) is 3.62. The molecule has 17 heavy (non-hydrogen) atoms. The first-order valence-electron chi connectivity index (χ1n) is 5.96. The molecule has 94 valence electrons. The number of β-amino-alcohol motifs (C(OH)–C–C–N with tert-alkyl or cyclic N) is 1. The molecule has 5 nitrogen and oxygen atoms in total. The SMILES string of the molecule is CN(C)c1nccc(N2CCCC(C)(O)C2)n1. The van der Waals surface area contributed by atoms with E-state index in [9.17, 15) is 5.11 Å². The van der Waals surface area contributed by atoms with Crippen LogP contribution in [0.2, 0.25) is 0 Å². The lowest BCUT2D eigenvalue weighted by Gasteiger charge is -2.37. The monoisotopic (exact) mass is 236 g/mol. The van der Waals surface area contributed by atoms with Crippen molar-refractivity contribution in [2.75, 3.05) is 37.0 Å². The van der Waals surface area contributed by atoms with Crippen LogP contribution in [-0.4, -0.2) is 47.9 Å². The van der Waals surface area contributed by atoms with Crippen LogP contribution in [0.5, 0.6) is 0 Å². The summed E-state index contributed by atoms with van der Waals surface area (Å²) in [5.74, 6) is 1.59. The molecule has 0 bridgehead atoms. The molecule has 0 radical (unpaired) electrons. The number of hydrogen-bond donors (Lipinski definition) is 1. The van der Waals surface area contributed by atoms with Gasteiger partial charge in [0, 0.05) is 33.4 Å². The van der Waals surface area contributed by atoms with Gasteiger partial charge in [-0.3, -0.25) is 0 Å². The Bertz CT molecular complexity index is 392. The standard InChI is InChI=1S/C12H20N4O/c1-12(17)6-4-8-16(9-12)10-5-7-13-11(14-10)15(2)3/h5,7,17H,4,6,8-9H2,1-3H3. The zero-order chi connectivity index (χ0) is 12.5. The molecular weight excluding hydrogens is 216 g/mol. The fourth-order valence-electron chi connectivity index (χ4n) is 2.15. The molecule has 0 aliphatic carbocycles. The highest BCUT2D eigenvalue weighted by atomic mass is 16.3. The van der Waals surface area contributed by atoms with Gasteiger partial charge in [0.15, 0.2) is 0 Å². The van der Waals surface area contributed by atoms with Crippen molar-refractivity contribution in [3.05, 3.63) is 12.3 Å². The third kappa shape index (κ3) is 2.85. The van der Waals surface area contributed by atoms with Gasteiger partial charge in [-0.05, 0) is 25.8 Å². The van der Waals surface area contributed by atoms with Crippen LogP contribution in [0.4, 0.5) is 11.8 Å². The van der Waals surface area contributed by atoms with E-state index in [1.54, 1.807) is 6.20 Å². The molecule has 1 aromatic heterocycles. The molecule has 0 spiro atoms. The number of rotatable bonds is 2. The smallest absolute Gasteiger partial charge is 0.226 e. The van der Waals surface area contributed by atoms with Gasteiger partial charge in [-0.2, -0.15) is 4.98 Å². The summed E-state index contributed by atoms with van der Waals surface area (Å²) in [5, 5.41) is 10.1. The molecule has 0 saturated carbocycles. The van der Waals surface area contributed by atoms with Gasteiger partial charge in [0.2, 0.25) is 5.95 Å². The fourth-order valence-corrected chi connectivity index (χ4v) is 2.15. The molecule has 2 rings (SSSR count). The third-order valence-corrected chi connectivity index (χ3v) is 3.03. The third-order valence-electron chi connectivity index (χ3n) is 3.03. The molecule has 0 amide bonds. The van der Waals surface area contributed by atoms with Crippen molar-refractivity contribution < 1.29 is 5.11 Å². The second-order valence-corrected chi connectivity index (χ2v) is 5.13. The van der Waals surface area contributed by atoms with Crippen LogP contribution in [0, 0.1) is 0 Å². The second-order valence-electron chi connectivity index (χ2n) is 5.13. The second kappa shape index (κ2) is 4.49. The summed E-state index contributed by atoms with van der Waals surface area (Å²) in [6.45, 7) is 3.46. The highest BCUT2D eigenvalue weighted by molar-refractivity contribution is 5.43. The Labute approximate surface area is 102 Å². The van der Waals surface area contributed by atoms with Crippen LogP contribution < -0.4 is 9.80 Å². The molecule has 0 aromatic carbocycles. The fraction of sp³-hybridized carbons (Fsp3) is 0.667. The minimum absolute atomic E-state index is 0.610. The minimum Gasteiger partial charge on any atom is -0.388 e. The maximum Gasteiger partial charge on any atom is 0.226 e. The zero-order valence-electron chi connectivity index (χ0n) is 10.7. The first-order chi connectivity index (χ1) is 7.98.